The minimum Gasteiger partial charge on any atom is -0.379 e. The number of ether oxygens (including phenoxy) is 1. The number of morpholine rings is 1. The normalized spacial score (nSPS) is 36.5. The lowest BCUT2D eigenvalue weighted by Gasteiger charge is -2.58. The Morgan fingerprint density at radius 2 is 1.37 bits per heavy atom. The van der Waals surface area contributed by atoms with E-state index >= 15 is 0 Å². The Bertz CT molecular complexity index is 269. The molecule has 1 atom stereocenters. The van der Waals surface area contributed by atoms with Gasteiger partial charge in [-0.1, -0.05) is 6.42 Å². The number of piperidine rings is 2. The molecule has 0 aliphatic carbocycles. The van der Waals surface area contributed by atoms with Crippen LogP contribution in [0.3, 0.4) is 0 Å². The lowest BCUT2D eigenvalue weighted by molar-refractivity contribution is -0.211. The number of rotatable bonds is 2. The smallest absolute Gasteiger partial charge is 0.143 e. The van der Waals surface area contributed by atoms with Crippen molar-refractivity contribution in [3.05, 3.63) is 0 Å². The first-order valence-corrected chi connectivity index (χ1v) is 7.94. The first-order valence-electron chi connectivity index (χ1n) is 7.94. The van der Waals surface area contributed by atoms with E-state index < -0.39 is 0 Å². The Morgan fingerprint density at radius 3 is 2.05 bits per heavy atom. The molecule has 3 saturated heterocycles. The lowest BCUT2D eigenvalue weighted by Crippen LogP contribution is -2.75. The van der Waals surface area contributed by atoms with Crippen molar-refractivity contribution in [1.82, 2.24) is 14.8 Å². The van der Waals surface area contributed by atoms with Gasteiger partial charge in [-0.2, -0.15) is 0 Å². The summed E-state index contributed by atoms with van der Waals surface area (Å²) >= 11 is 0. The Balaban J connectivity index is 1.84. The van der Waals surface area contributed by atoms with Gasteiger partial charge in [-0.3, -0.25) is 15.6 Å². The minimum atomic E-state index is -0.0253. The largest absolute Gasteiger partial charge is 0.379 e. The maximum atomic E-state index is 6.48. The Kier molecular flexibility index (Phi) is 4.39. The SMILES string of the molecule is NN1CCCCC1(N1CCCCC1)N1CCOCC1. The summed E-state index contributed by atoms with van der Waals surface area (Å²) in [6.07, 6.45) is 7.72. The second-order valence-corrected chi connectivity index (χ2v) is 6.07. The highest BCUT2D eigenvalue weighted by Crippen LogP contribution is 2.35. The molecule has 110 valence electrons. The third-order valence-electron chi connectivity index (χ3n) is 5.00. The van der Waals surface area contributed by atoms with Crippen LogP contribution in [0.25, 0.3) is 0 Å². The van der Waals surface area contributed by atoms with E-state index in [4.69, 9.17) is 10.6 Å². The van der Waals surface area contributed by atoms with Crippen LogP contribution in [0, 0.1) is 0 Å². The standard InChI is InChI=1S/C14H28N4O/c15-18-9-5-2-6-14(18,16-7-3-1-4-8-16)17-10-12-19-13-11-17/h1-13,15H2. The monoisotopic (exact) mass is 268 g/mol. The van der Waals surface area contributed by atoms with E-state index in [1.165, 1.54) is 51.6 Å². The van der Waals surface area contributed by atoms with Crippen molar-refractivity contribution in [2.24, 2.45) is 5.84 Å². The molecule has 5 nitrogen and oxygen atoms in total. The third-order valence-corrected chi connectivity index (χ3v) is 5.00. The zero-order valence-electron chi connectivity index (χ0n) is 12.0. The van der Waals surface area contributed by atoms with E-state index in [-0.39, 0.29) is 5.79 Å². The molecule has 3 heterocycles. The van der Waals surface area contributed by atoms with Crippen molar-refractivity contribution in [2.75, 3.05) is 45.9 Å². The summed E-state index contributed by atoms with van der Waals surface area (Å²) in [6.45, 7) is 7.16. The molecular formula is C14H28N4O. The fraction of sp³-hybridized carbons (Fsp3) is 1.00. The van der Waals surface area contributed by atoms with Gasteiger partial charge in [-0.25, -0.2) is 5.01 Å². The Hall–Kier alpha value is -0.200. The summed E-state index contributed by atoms with van der Waals surface area (Å²) in [4.78, 5) is 5.24. The Morgan fingerprint density at radius 1 is 0.737 bits per heavy atom. The molecule has 3 aliphatic heterocycles. The first kappa shape index (κ1) is 13.8. The highest BCUT2D eigenvalue weighted by molar-refractivity contribution is 4.93. The number of hydrogen-bond acceptors (Lipinski definition) is 5. The molecular weight excluding hydrogens is 240 g/mol. The number of hydrazine groups is 1. The fourth-order valence-corrected chi connectivity index (χ4v) is 4.02. The molecule has 1 unspecified atom stereocenters. The van der Waals surface area contributed by atoms with E-state index in [1.807, 2.05) is 0 Å². The third kappa shape index (κ3) is 2.54. The van der Waals surface area contributed by atoms with Crippen LogP contribution < -0.4 is 5.84 Å². The molecule has 0 bridgehead atoms. The molecule has 19 heavy (non-hydrogen) atoms. The molecule has 0 saturated carbocycles. The van der Waals surface area contributed by atoms with Crippen LogP contribution in [0.4, 0.5) is 0 Å². The average Bonchev–Trinajstić information content (AvgIpc) is 2.50. The van der Waals surface area contributed by atoms with Crippen LogP contribution in [0.1, 0.15) is 38.5 Å². The van der Waals surface area contributed by atoms with Gasteiger partial charge in [0.2, 0.25) is 0 Å². The molecule has 3 fully saturated rings. The molecule has 0 amide bonds. The number of hydrogen-bond donors (Lipinski definition) is 1. The zero-order valence-corrected chi connectivity index (χ0v) is 12.0. The summed E-state index contributed by atoms with van der Waals surface area (Å²) in [7, 11) is 0. The summed E-state index contributed by atoms with van der Waals surface area (Å²) in [5, 5.41) is 2.13. The van der Waals surface area contributed by atoms with Crippen LogP contribution >= 0.6 is 0 Å². The fourth-order valence-electron chi connectivity index (χ4n) is 4.02. The van der Waals surface area contributed by atoms with Gasteiger partial charge in [0.25, 0.3) is 0 Å². The van der Waals surface area contributed by atoms with E-state index in [9.17, 15) is 0 Å². The molecule has 0 aromatic heterocycles. The molecule has 2 N–H and O–H groups in total. The summed E-state index contributed by atoms with van der Waals surface area (Å²) in [5.41, 5.74) is 0. The predicted octanol–water partition coefficient (Wildman–Crippen LogP) is 0.818. The number of likely N-dealkylation sites (tertiary alicyclic amines) is 1. The molecule has 3 aliphatic rings. The van der Waals surface area contributed by atoms with E-state index in [2.05, 4.69) is 14.8 Å². The molecule has 0 aromatic carbocycles. The predicted molar refractivity (Wildman–Crippen MR) is 75.3 cm³/mol. The van der Waals surface area contributed by atoms with Crippen molar-refractivity contribution in [2.45, 2.75) is 44.3 Å². The van der Waals surface area contributed by atoms with Crippen molar-refractivity contribution in [3.63, 3.8) is 0 Å². The summed E-state index contributed by atoms with van der Waals surface area (Å²) < 4.78 is 5.54. The van der Waals surface area contributed by atoms with E-state index in [0.717, 1.165) is 32.8 Å². The molecule has 0 spiro atoms. The van der Waals surface area contributed by atoms with Crippen LogP contribution in [-0.4, -0.2) is 66.5 Å². The van der Waals surface area contributed by atoms with Gasteiger partial charge in [-0.15, -0.1) is 0 Å². The highest BCUT2D eigenvalue weighted by Gasteiger charge is 2.47. The lowest BCUT2D eigenvalue weighted by atomic mass is 9.97. The van der Waals surface area contributed by atoms with Gasteiger partial charge in [0.1, 0.15) is 5.79 Å². The minimum absolute atomic E-state index is 0.0253. The van der Waals surface area contributed by atoms with Gasteiger partial charge < -0.3 is 4.74 Å². The molecule has 0 aromatic rings. The van der Waals surface area contributed by atoms with Crippen LogP contribution in [0.15, 0.2) is 0 Å². The van der Waals surface area contributed by atoms with Crippen molar-refractivity contribution in [3.8, 4) is 0 Å². The topological polar surface area (TPSA) is 45.0 Å². The Labute approximate surface area is 116 Å². The highest BCUT2D eigenvalue weighted by atomic mass is 16.5. The van der Waals surface area contributed by atoms with Crippen molar-refractivity contribution in [1.29, 1.82) is 0 Å². The van der Waals surface area contributed by atoms with Crippen LogP contribution in [-0.2, 0) is 4.74 Å². The zero-order chi connectivity index (χ0) is 13.1. The van der Waals surface area contributed by atoms with E-state index in [1.54, 1.807) is 0 Å². The second-order valence-electron chi connectivity index (χ2n) is 6.07. The van der Waals surface area contributed by atoms with Crippen LogP contribution in [0.2, 0.25) is 0 Å². The first-order chi connectivity index (χ1) is 9.34. The van der Waals surface area contributed by atoms with Crippen LogP contribution in [0.5, 0.6) is 0 Å². The van der Waals surface area contributed by atoms with Gasteiger partial charge in [0, 0.05) is 32.7 Å². The number of nitrogens with zero attached hydrogens (tertiary/aromatic N) is 3. The molecule has 0 radical (unpaired) electrons. The van der Waals surface area contributed by atoms with E-state index in [0.29, 0.717) is 0 Å². The number of nitrogens with two attached hydrogens (primary N) is 1. The van der Waals surface area contributed by atoms with Gasteiger partial charge in [0.05, 0.1) is 13.2 Å². The second kappa shape index (κ2) is 6.06. The molecule has 3 rings (SSSR count). The van der Waals surface area contributed by atoms with Crippen molar-refractivity contribution >= 4 is 0 Å². The molecule has 5 heteroatoms. The van der Waals surface area contributed by atoms with Crippen molar-refractivity contribution < 1.29 is 4.74 Å². The van der Waals surface area contributed by atoms with Gasteiger partial charge in [-0.05, 0) is 32.1 Å². The van der Waals surface area contributed by atoms with Gasteiger partial charge in [0.15, 0.2) is 0 Å². The average molecular weight is 268 g/mol. The maximum absolute atomic E-state index is 6.48. The quantitative estimate of drug-likeness (QED) is 0.751. The van der Waals surface area contributed by atoms with Gasteiger partial charge >= 0.3 is 0 Å². The summed E-state index contributed by atoms with van der Waals surface area (Å²) in [5.74, 6) is 6.46. The summed E-state index contributed by atoms with van der Waals surface area (Å²) in [6, 6.07) is 0. The maximum Gasteiger partial charge on any atom is 0.143 e.